The van der Waals surface area contributed by atoms with Crippen molar-refractivity contribution in [2.45, 2.75) is 19.3 Å². The number of amides is 1. The minimum absolute atomic E-state index is 0.0674. The second kappa shape index (κ2) is 5.96. The lowest BCUT2D eigenvalue weighted by Crippen LogP contribution is -2.37. The summed E-state index contributed by atoms with van der Waals surface area (Å²) in [6.45, 7) is 0.471. The van der Waals surface area contributed by atoms with Crippen LogP contribution in [0, 0.1) is 17.2 Å². The van der Waals surface area contributed by atoms with Crippen molar-refractivity contribution in [2.75, 3.05) is 27.3 Å². The number of halogens is 1. The lowest BCUT2D eigenvalue weighted by molar-refractivity contribution is -0.149. The number of aliphatic carboxylic acids is 1. The van der Waals surface area contributed by atoms with Crippen molar-refractivity contribution in [3.63, 3.8) is 0 Å². The van der Waals surface area contributed by atoms with Crippen molar-refractivity contribution in [1.29, 1.82) is 0 Å². The Morgan fingerprint density at radius 3 is 2.54 bits per heavy atom. The largest absolute Gasteiger partial charge is 0.493 e. The van der Waals surface area contributed by atoms with E-state index in [2.05, 4.69) is 0 Å². The highest BCUT2D eigenvalue weighted by Gasteiger charge is 2.56. The van der Waals surface area contributed by atoms with Crippen LogP contribution in [0.3, 0.4) is 0 Å². The third-order valence-corrected chi connectivity index (χ3v) is 5.29. The Labute approximate surface area is 139 Å². The zero-order valence-electron chi connectivity index (χ0n) is 13.7. The van der Waals surface area contributed by atoms with Crippen LogP contribution in [0.2, 0.25) is 0 Å². The molecule has 1 saturated heterocycles. The molecule has 1 heterocycles. The number of carboxylic acid groups (broad SMARTS) is 1. The summed E-state index contributed by atoms with van der Waals surface area (Å²) in [5.74, 6) is -1.70. The molecule has 1 aromatic carbocycles. The molecule has 0 spiro atoms. The molecule has 1 aliphatic heterocycles. The van der Waals surface area contributed by atoms with E-state index in [1.54, 1.807) is 0 Å². The molecule has 0 bridgehead atoms. The standard InChI is InChI=1S/C17H20FNO5/c1-23-13-6-11(12(18)7-14(13)24-2)15(20)19-8-10-4-3-5-17(10,9-19)16(21)22/h6-7,10H,3-5,8-9H2,1-2H3,(H,21,22)/t10-,17+/m0/s1. The van der Waals surface area contributed by atoms with Crippen molar-refractivity contribution in [3.05, 3.63) is 23.5 Å². The van der Waals surface area contributed by atoms with Crippen molar-refractivity contribution in [1.82, 2.24) is 4.90 Å². The van der Waals surface area contributed by atoms with Crippen molar-refractivity contribution < 1.29 is 28.6 Å². The smallest absolute Gasteiger partial charge is 0.311 e. The summed E-state index contributed by atoms with van der Waals surface area (Å²) in [5.41, 5.74) is -1.02. The maximum absolute atomic E-state index is 14.3. The molecule has 1 N–H and O–H groups in total. The van der Waals surface area contributed by atoms with Crippen LogP contribution in [0.15, 0.2) is 12.1 Å². The second-order valence-electron chi connectivity index (χ2n) is 6.42. The van der Waals surface area contributed by atoms with E-state index in [4.69, 9.17) is 9.47 Å². The van der Waals surface area contributed by atoms with E-state index in [1.165, 1.54) is 25.2 Å². The first-order chi connectivity index (χ1) is 11.4. The van der Waals surface area contributed by atoms with E-state index in [1.807, 2.05) is 0 Å². The summed E-state index contributed by atoms with van der Waals surface area (Å²) >= 11 is 0. The van der Waals surface area contributed by atoms with Gasteiger partial charge in [0, 0.05) is 19.2 Å². The van der Waals surface area contributed by atoms with Gasteiger partial charge in [0.25, 0.3) is 5.91 Å². The molecule has 2 atom stereocenters. The quantitative estimate of drug-likeness (QED) is 0.911. The molecule has 6 nitrogen and oxygen atoms in total. The molecular weight excluding hydrogens is 317 g/mol. The average Bonchev–Trinajstić information content (AvgIpc) is 3.12. The molecule has 3 rings (SSSR count). The number of hydrogen-bond acceptors (Lipinski definition) is 4. The number of carboxylic acids is 1. The summed E-state index contributed by atoms with van der Waals surface area (Å²) in [4.78, 5) is 25.9. The molecule has 1 amide bonds. The van der Waals surface area contributed by atoms with E-state index >= 15 is 0 Å². The zero-order chi connectivity index (χ0) is 17.5. The molecule has 7 heteroatoms. The van der Waals surface area contributed by atoms with E-state index in [9.17, 15) is 19.1 Å². The van der Waals surface area contributed by atoms with Gasteiger partial charge in [-0.2, -0.15) is 0 Å². The Morgan fingerprint density at radius 1 is 1.29 bits per heavy atom. The summed E-state index contributed by atoms with van der Waals surface area (Å²) < 4.78 is 24.4. The first-order valence-electron chi connectivity index (χ1n) is 7.87. The number of likely N-dealkylation sites (tertiary alicyclic amines) is 1. The fourth-order valence-corrected chi connectivity index (χ4v) is 3.98. The van der Waals surface area contributed by atoms with Crippen LogP contribution in [0.4, 0.5) is 4.39 Å². The zero-order valence-corrected chi connectivity index (χ0v) is 13.7. The SMILES string of the molecule is COc1cc(F)c(C(=O)N2C[C@@H]3CCC[C@@]3(C(=O)O)C2)cc1OC. The molecule has 1 aromatic rings. The lowest BCUT2D eigenvalue weighted by atomic mass is 9.81. The normalized spacial score (nSPS) is 25.5. The van der Waals surface area contributed by atoms with Crippen LogP contribution in [0.5, 0.6) is 11.5 Å². The maximum atomic E-state index is 14.3. The predicted octanol–water partition coefficient (Wildman–Crippen LogP) is 2.17. The van der Waals surface area contributed by atoms with Gasteiger partial charge in [-0.05, 0) is 24.8 Å². The van der Waals surface area contributed by atoms with Gasteiger partial charge in [-0.25, -0.2) is 4.39 Å². The minimum atomic E-state index is -0.886. The Balaban J connectivity index is 1.90. The van der Waals surface area contributed by atoms with E-state index in [0.29, 0.717) is 13.0 Å². The van der Waals surface area contributed by atoms with Gasteiger partial charge in [0.1, 0.15) is 5.82 Å². The summed E-state index contributed by atoms with van der Waals surface area (Å²) in [7, 11) is 2.79. The first kappa shape index (κ1) is 16.5. The van der Waals surface area contributed by atoms with Gasteiger partial charge >= 0.3 is 5.97 Å². The number of nitrogens with zero attached hydrogens (tertiary/aromatic N) is 1. The Hall–Kier alpha value is -2.31. The highest BCUT2D eigenvalue weighted by atomic mass is 19.1. The Kier molecular flexibility index (Phi) is 4.11. The van der Waals surface area contributed by atoms with Crippen LogP contribution in [-0.2, 0) is 4.79 Å². The average molecular weight is 337 g/mol. The Bertz CT molecular complexity index is 692. The number of carbonyl (C=O) groups excluding carboxylic acids is 1. The summed E-state index contributed by atoms with van der Waals surface area (Å²) in [6.07, 6.45) is 2.19. The molecule has 2 aliphatic rings. The minimum Gasteiger partial charge on any atom is -0.493 e. The van der Waals surface area contributed by atoms with E-state index in [0.717, 1.165) is 18.9 Å². The fourth-order valence-electron chi connectivity index (χ4n) is 3.98. The first-order valence-corrected chi connectivity index (χ1v) is 7.87. The van der Waals surface area contributed by atoms with Gasteiger partial charge < -0.3 is 19.5 Å². The molecule has 0 aromatic heterocycles. The fraction of sp³-hybridized carbons (Fsp3) is 0.529. The number of carbonyl (C=O) groups is 2. The number of benzene rings is 1. The lowest BCUT2D eigenvalue weighted by Gasteiger charge is -2.23. The molecule has 1 aliphatic carbocycles. The summed E-state index contributed by atoms with van der Waals surface area (Å²) in [5, 5.41) is 9.60. The predicted molar refractivity (Wildman–Crippen MR) is 82.8 cm³/mol. The molecular formula is C17H20FNO5. The van der Waals surface area contributed by atoms with Gasteiger partial charge in [0.15, 0.2) is 11.5 Å². The van der Waals surface area contributed by atoms with Crippen LogP contribution < -0.4 is 9.47 Å². The van der Waals surface area contributed by atoms with E-state index < -0.39 is 23.1 Å². The number of fused-ring (bicyclic) bond motifs is 1. The van der Waals surface area contributed by atoms with E-state index in [-0.39, 0.29) is 29.5 Å². The molecule has 130 valence electrons. The van der Waals surface area contributed by atoms with Gasteiger partial charge in [-0.15, -0.1) is 0 Å². The topological polar surface area (TPSA) is 76.1 Å². The van der Waals surface area contributed by atoms with Crippen molar-refractivity contribution in [3.8, 4) is 11.5 Å². The molecule has 2 fully saturated rings. The van der Waals surface area contributed by atoms with Gasteiger partial charge in [-0.3, -0.25) is 9.59 Å². The van der Waals surface area contributed by atoms with Crippen LogP contribution in [0.25, 0.3) is 0 Å². The number of hydrogen-bond donors (Lipinski definition) is 1. The molecule has 0 radical (unpaired) electrons. The van der Waals surface area contributed by atoms with Crippen molar-refractivity contribution in [2.24, 2.45) is 11.3 Å². The summed E-state index contributed by atoms with van der Waals surface area (Å²) in [6, 6.07) is 2.41. The number of ether oxygens (including phenoxy) is 2. The van der Waals surface area contributed by atoms with Crippen molar-refractivity contribution >= 4 is 11.9 Å². The van der Waals surface area contributed by atoms with Crippen LogP contribution in [-0.4, -0.2) is 49.2 Å². The number of rotatable bonds is 4. The monoisotopic (exact) mass is 337 g/mol. The highest BCUT2D eigenvalue weighted by Crippen LogP contribution is 2.49. The molecule has 1 saturated carbocycles. The Morgan fingerprint density at radius 2 is 1.96 bits per heavy atom. The van der Waals surface area contributed by atoms with Gasteiger partial charge in [0.05, 0.1) is 25.2 Å². The third kappa shape index (κ3) is 2.39. The van der Waals surface area contributed by atoms with Gasteiger partial charge in [-0.1, -0.05) is 6.42 Å². The maximum Gasteiger partial charge on any atom is 0.311 e. The van der Waals surface area contributed by atoms with Crippen LogP contribution in [0.1, 0.15) is 29.6 Å². The van der Waals surface area contributed by atoms with Gasteiger partial charge in [0.2, 0.25) is 0 Å². The molecule has 0 unspecified atom stereocenters. The third-order valence-electron chi connectivity index (χ3n) is 5.29. The second-order valence-corrected chi connectivity index (χ2v) is 6.42. The van der Waals surface area contributed by atoms with Crippen LogP contribution >= 0.6 is 0 Å². The molecule has 24 heavy (non-hydrogen) atoms. The highest BCUT2D eigenvalue weighted by molar-refractivity contribution is 5.96. The number of methoxy groups -OCH3 is 2.